The summed E-state index contributed by atoms with van der Waals surface area (Å²) < 4.78 is 0. The molecule has 0 aliphatic rings. The van der Waals surface area contributed by atoms with Crippen LogP contribution in [0.5, 0.6) is 0 Å². The molecule has 0 heterocycles. The topological polar surface area (TPSA) is 24.7 Å². The minimum Gasteiger partial charge on any atom is -0.151 e. The highest BCUT2D eigenvalue weighted by Crippen LogP contribution is 2.27. The SMILES string of the molecule is Cc1ccc(N=Nc2ccc3cc(C)cc(C)c3c2)c(C)c1. The van der Waals surface area contributed by atoms with Gasteiger partial charge in [-0.15, -0.1) is 0 Å². The van der Waals surface area contributed by atoms with Gasteiger partial charge in [0.25, 0.3) is 0 Å². The molecule has 0 aromatic heterocycles. The highest BCUT2D eigenvalue weighted by atomic mass is 15.1. The van der Waals surface area contributed by atoms with Crippen molar-refractivity contribution in [1.82, 2.24) is 0 Å². The van der Waals surface area contributed by atoms with Crippen LogP contribution in [0.2, 0.25) is 0 Å². The van der Waals surface area contributed by atoms with Crippen molar-refractivity contribution in [3.63, 3.8) is 0 Å². The summed E-state index contributed by atoms with van der Waals surface area (Å²) in [7, 11) is 0. The summed E-state index contributed by atoms with van der Waals surface area (Å²) in [4.78, 5) is 0. The van der Waals surface area contributed by atoms with Gasteiger partial charge in [0.05, 0.1) is 11.4 Å². The molecule has 0 spiro atoms. The quantitative estimate of drug-likeness (QED) is 0.481. The average molecular weight is 288 g/mol. The van der Waals surface area contributed by atoms with E-state index in [1.54, 1.807) is 0 Å². The van der Waals surface area contributed by atoms with Crippen LogP contribution in [0, 0.1) is 27.7 Å². The number of azo groups is 1. The molecule has 2 nitrogen and oxygen atoms in total. The summed E-state index contributed by atoms with van der Waals surface area (Å²) >= 11 is 0. The van der Waals surface area contributed by atoms with Crippen LogP contribution in [-0.2, 0) is 0 Å². The third-order valence-corrected chi connectivity index (χ3v) is 3.91. The van der Waals surface area contributed by atoms with Gasteiger partial charge in [0.1, 0.15) is 0 Å². The monoisotopic (exact) mass is 288 g/mol. The smallest absolute Gasteiger partial charge is 0.0886 e. The maximum absolute atomic E-state index is 4.41. The Labute approximate surface area is 131 Å². The summed E-state index contributed by atoms with van der Waals surface area (Å²) in [6, 6.07) is 16.9. The van der Waals surface area contributed by atoms with Crippen LogP contribution in [0.25, 0.3) is 10.8 Å². The fourth-order valence-electron chi connectivity index (χ4n) is 2.81. The maximum atomic E-state index is 4.41. The van der Waals surface area contributed by atoms with Gasteiger partial charge in [-0.2, -0.15) is 10.2 Å². The third-order valence-electron chi connectivity index (χ3n) is 3.91. The second kappa shape index (κ2) is 5.72. The Morgan fingerprint density at radius 3 is 2.18 bits per heavy atom. The summed E-state index contributed by atoms with van der Waals surface area (Å²) in [5, 5.41) is 11.3. The number of aryl methyl sites for hydroxylation is 4. The van der Waals surface area contributed by atoms with Crippen LogP contribution in [0.1, 0.15) is 22.3 Å². The molecule has 0 atom stereocenters. The van der Waals surface area contributed by atoms with E-state index in [9.17, 15) is 0 Å². The van der Waals surface area contributed by atoms with Gasteiger partial charge in [-0.3, -0.25) is 0 Å². The Balaban J connectivity index is 1.98. The van der Waals surface area contributed by atoms with E-state index in [1.165, 1.54) is 27.5 Å². The maximum Gasteiger partial charge on any atom is 0.0886 e. The third kappa shape index (κ3) is 2.91. The average Bonchev–Trinajstić information content (AvgIpc) is 2.46. The highest BCUT2D eigenvalue weighted by molar-refractivity contribution is 5.88. The molecular weight excluding hydrogens is 268 g/mol. The van der Waals surface area contributed by atoms with E-state index in [-0.39, 0.29) is 0 Å². The fraction of sp³-hybridized carbons (Fsp3) is 0.200. The van der Waals surface area contributed by atoms with Crippen molar-refractivity contribution >= 4 is 22.1 Å². The van der Waals surface area contributed by atoms with Gasteiger partial charge in [0.15, 0.2) is 0 Å². The molecule has 0 amide bonds. The molecular formula is C20H20N2. The van der Waals surface area contributed by atoms with Crippen LogP contribution in [-0.4, -0.2) is 0 Å². The van der Waals surface area contributed by atoms with E-state index in [0.717, 1.165) is 16.9 Å². The molecule has 0 saturated carbocycles. The molecule has 2 heteroatoms. The Bertz CT molecular complexity index is 876. The first kappa shape index (κ1) is 14.5. The van der Waals surface area contributed by atoms with Crippen molar-refractivity contribution in [2.75, 3.05) is 0 Å². The Hall–Kier alpha value is -2.48. The van der Waals surface area contributed by atoms with E-state index in [2.05, 4.69) is 74.3 Å². The minimum absolute atomic E-state index is 0.888. The fourth-order valence-corrected chi connectivity index (χ4v) is 2.81. The van der Waals surface area contributed by atoms with E-state index < -0.39 is 0 Å². The molecule has 3 aromatic carbocycles. The first-order valence-electron chi connectivity index (χ1n) is 7.53. The number of fused-ring (bicyclic) bond motifs is 1. The van der Waals surface area contributed by atoms with Crippen LogP contribution in [0.4, 0.5) is 11.4 Å². The van der Waals surface area contributed by atoms with Gasteiger partial charge in [-0.05, 0) is 67.8 Å². The number of hydrogen-bond acceptors (Lipinski definition) is 2. The van der Waals surface area contributed by atoms with Crippen LogP contribution in [0.3, 0.4) is 0 Å². The summed E-state index contributed by atoms with van der Waals surface area (Å²) in [6.45, 7) is 8.41. The standard InChI is InChI=1S/C20H20N2/c1-13-5-8-20(16(4)9-13)22-21-18-7-6-17-11-14(2)10-15(3)19(17)12-18/h5-12H,1-4H3. The zero-order valence-electron chi connectivity index (χ0n) is 13.5. The van der Waals surface area contributed by atoms with Crippen molar-refractivity contribution in [3.05, 3.63) is 70.8 Å². The van der Waals surface area contributed by atoms with E-state index in [4.69, 9.17) is 0 Å². The number of nitrogens with zero attached hydrogens (tertiary/aromatic N) is 2. The molecule has 0 radical (unpaired) electrons. The molecule has 0 fully saturated rings. The number of hydrogen-bond donors (Lipinski definition) is 0. The van der Waals surface area contributed by atoms with Gasteiger partial charge in [0.2, 0.25) is 0 Å². The molecule has 0 unspecified atom stereocenters. The Kier molecular flexibility index (Phi) is 3.76. The van der Waals surface area contributed by atoms with Crippen molar-refractivity contribution < 1.29 is 0 Å². The van der Waals surface area contributed by atoms with Crippen LogP contribution >= 0.6 is 0 Å². The van der Waals surface area contributed by atoms with Crippen LogP contribution in [0.15, 0.2) is 58.8 Å². The molecule has 0 N–H and O–H groups in total. The summed E-state index contributed by atoms with van der Waals surface area (Å²) in [6.07, 6.45) is 0. The van der Waals surface area contributed by atoms with Gasteiger partial charge < -0.3 is 0 Å². The molecule has 0 aliphatic heterocycles. The predicted octanol–water partition coefficient (Wildman–Crippen LogP) is 6.49. The van der Waals surface area contributed by atoms with E-state index in [0.29, 0.717) is 0 Å². The lowest BCUT2D eigenvalue weighted by Gasteiger charge is -2.05. The largest absolute Gasteiger partial charge is 0.151 e. The number of benzene rings is 3. The predicted molar refractivity (Wildman–Crippen MR) is 93.5 cm³/mol. The van der Waals surface area contributed by atoms with Gasteiger partial charge in [0, 0.05) is 0 Å². The Morgan fingerprint density at radius 2 is 1.41 bits per heavy atom. The summed E-state index contributed by atoms with van der Waals surface area (Å²) in [5.41, 5.74) is 6.77. The second-order valence-electron chi connectivity index (χ2n) is 5.98. The molecule has 3 rings (SSSR count). The molecule has 0 aliphatic carbocycles. The Morgan fingerprint density at radius 1 is 0.636 bits per heavy atom. The minimum atomic E-state index is 0.888. The molecule has 0 saturated heterocycles. The van der Waals surface area contributed by atoms with Gasteiger partial charge >= 0.3 is 0 Å². The van der Waals surface area contributed by atoms with Crippen LogP contribution < -0.4 is 0 Å². The van der Waals surface area contributed by atoms with Gasteiger partial charge in [-0.25, -0.2) is 0 Å². The summed E-state index contributed by atoms with van der Waals surface area (Å²) in [5.74, 6) is 0. The first-order valence-corrected chi connectivity index (χ1v) is 7.53. The van der Waals surface area contributed by atoms with Gasteiger partial charge in [-0.1, -0.05) is 41.5 Å². The molecule has 22 heavy (non-hydrogen) atoms. The first-order chi connectivity index (χ1) is 10.5. The second-order valence-corrected chi connectivity index (χ2v) is 5.98. The highest BCUT2D eigenvalue weighted by Gasteiger charge is 2.01. The van der Waals surface area contributed by atoms with Crippen molar-refractivity contribution in [2.24, 2.45) is 10.2 Å². The van der Waals surface area contributed by atoms with Crippen molar-refractivity contribution in [1.29, 1.82) is 0 Å². The molecule has 110 valence electrons. The zero-order chi connectivity index (χ0) is 15.7. The van der Waals surface area contributed by atoms with E-state index in [1.807, 2.05) is 12.1 Å². The zero-order valence-corrected chi connectivity index (χ0v) is 13.5. The van der Waals surface area contributed by atoms with Crippen molar-refractivity contribution in [2.45, 2.75) is 27.7 Å². The lowest BCUT2D eigenvalue weighted by atomic mass is 10.0. The van der Waals surface area contributed by atoms with E-state index >= 15 is 0 Å². The normalized spacial score (nSPS) is 11.5. The van der Waals surface area contributed by atoms with Crippen molar-refractivity contribution in [3.8, 4) is 0 Å². The lowest BCUT2D eigenvalue weighted by Crippen LogP contribution is -1.81. The molecule has 3 aromatic rings. The molecule has 0 bridgehead atoms. The lowest BCUT2D eigenvalue weighted by molar-refractivity contribution is 1.20. The number of rotatable bonds is 2.